The van der Waals surface area contributed by atoms with Crippen molar-refractivity contribution in [3.05, 3.63) is 64.7 Å². The summed E-state index contributed by atoms with van der Waals surface area (Å²) < 4.78 is 0. The summed E-state index contributed by atoms with van der Waals surface area (Å²) >= 11 is 1.94. The van der Waals surface area contributed by atoms with E-state index in [0.29, 0.717) is 5.56 Å². The molecule has 2 aromatic carbocycles. The molecule has 0 saturated carbocycles. The highest BCUT2D eigenvalue weighted by atomic mass is 32.2. The second-order valence-corrected chi connectivity index (χ2v) is 8.09. The van der Waals surface area contributed by atoms with Crippen LogP contribution in [0.2, 0.25) is 0 Å². The van der Waals surface area contributed by atoms with E-state index in [1.165, 1.54) is 28.2 Å². The molecule has 0 atom stereocenters. The molecule has 1 heterocycles. The zero-order valence-electron chi connectivity index (χ0n) is 14.3. The van der Waals surface area contributed by atoms with Crippen LogP contribution in [-0.4, -0.2) is 16.8 Å². The summed E-state index contributed by atoms with van der Waals surface area (Å²) in [4.78, 5) is 12.5. The molecule has 3 heteroatoms. The molecule has 0 unspecified atom stereocenters. The van der Waals surface area contributed by atoms with Gasteiger partial charge >= 0.3 is 5.97 Å². The number of carboxylic acids is 1. The van der Waals surface area contributed by atoms with Crippen molar-refractivity contribution in [2.45, 2.75) is 37.5 Å². The van der Waals surface area contributed by atoms with E-state index in [0.717, 1.165) is 11.1 Å². The van der Waals surface area contributed by atoms with Gasteiger partial charge in [0, 0.05) is 4.90 Å². The average molecular weight is 338 g/mol. The predicted molar refractivity (Wildman–Crippen MR) is 102 cm³/mol. The number of carboxylic acid groups (broad SMARTS) is 1. The van der Waals surface area contributed by atoms with Crippen molar-refractivity contribution in [1.82, 2.24) is 0 Å². The van der Waals surface area contributed by atoms with E-state index in [1.54, 1.807) is 18.2 Å². The van der Waals surface area contributed by atoms with Crippen LogP contribution in [0, 0.1) is 0 Å². The average Bonchev–Trinajstić information content (AvgIpc) is 2.54. The minimum atomic E-state index is -0.893. The van der Waals surface area contributed by atoms with E-state index in [-0.39, 0.29) is 5.41 Å². The first-order valence-corrected chi connectivity index (χ1v) is 9.15. The minimum Gasteiger partial charge on any atom is -0.478 e. The second kappa shape index (κ2) is 6.48. The summed E-state index contributed by atoms with van der Waals surface area (Å²) in [6, 6.07) is 13.7. The van der Waals surface area contributed by atoms with Crippen LogP contribution in [0.15, 0.2) is 47.4 Å². The normalized spacial score (nSPS) is 16.5. The molecule has 2 nitrogen and oxygen atoms in total. The van der Waals surface area contributed by atoms with Gasteiger partial charge in [0.15, 0.2) is 0 Å². The maximum absolute atomic E-state index is 11.1. The monoisotopic (exact) mass is 338 g/mol. The van der Waals surface area contributed by atoms with Gasteiger partial charge in [-0.2, -0.15) is 0 Å². The molecular weight excluding hydrogens is 316 g/mol. The van der Waals surface area contributed by atoms with Crippen molar-refractivity contribution in [2.75, 3.05) is 5.75 Å². The number of aromatic carboxylic acids is 1. The van der Waals surface area contributed by atoms with Crippen molar-refractivity contribution in [2.24, 2.45) is 0 Å². The molecular formula is C21H22O2S. The van der Waals surface area contributed by atoms with E-state index in [9.17, 15) is 4.79 Å². The topological polar surface area (TPSA) is 37.3 Å². The van der Waals surface area contributed by atoms with Crippen LogP contribution in [0.1, 0.15) is 54.2 Å². The lowest BCUT2D eigenvalue weighted by molar-refractivity contribution is 0.0697. The van der Waals surface area contributed by atoms with Crippen LogP contribution in [-0.2, 0) is 5.41 Å². The van der Waals surface area contributed by atoms with Gasteiger partial charge in [-0.3, -0.25) is 0 Å². The summed E-state index contributed by atoms with van der Waals surface area (Å²) in [5, 5.41) is 9.13. The Labute approximate surface area is 147 Å². The summed E-state index contributed by atoms with van der Waals surface area (Å²) in [5.41, 5.74) is 5.21. The molecule has 0 bridgehead atoms. The number of fused-ring (bicyclic) bond motifs is 1. The van der Waals surface area contributed by atoms with Crippen LogP contribution < -0.4 is 0 Å². The van der Waals surface area contributed by atoms with Crippen LogP contribution >= 0.6 is 11.8 Å². The van der Waals surface area contributed by atoms with Crippen molar-refractivity contribution in [3.63, 3.8) is 0 Å². The van der Waals surface area contributed by atoms with Crippen molar-refractivity contribution in [3.8, 4) is 0 Å². The highest BCUT2D eigenvalue weighted by Crippen LogP contribution is 2.42. The molecule has 124 valence electrons. The number of allylic oxidation sites excluding steroid dienone is 1. The standard InChI is InChI=1S/C21H22O2S/c1-14(11-15-5-4-6-17(12-15)20(22)23)16-7-8-19-18(13-16)21(2,3)9-10-24-19/h4-8,11-13H,9-10H2,1-3H3,(H,22,23)/b14-11+. The summed E-state index contributed by atoms with van der Waals surface area (Å²) in [6.45, 7) is 6.70. The Morgan fingerprint density at radius 2 is 1.96 bits per heavy atom. The summed E-state index contributed by atoms with van der Waals surface area (Å²) in [7, 11) is 0. The fraction of sp³-hybridized carbons (Fsp3) is 0.286. The Morgan fingerprint density at radius 1 is 1.17 bits per heavy atom. The molecule has 2 aromatic rings. The lowest BCUT2D eigenvalue weighted by atomic mass is 9.80. The van der Waals surface area contributed by atoms with Crippen LogP contribution in [0.4, 0.5) is 0 Å². The number of hydrogen-bond donors (Lipinski definition) is 1. The van der Waals surface area contributed by atoms with Crippen LogP contribution in [0.5, 0.6) is 0 Å². The van der Waals surface area contributed by atoms with Gasteiger partial charge in [0.1, 0.15) is 0 Å². The van der Waals surface area contributed by atoms with Crippen molar-refractivity contribution >= 4 is 29.4 Å². The number of carbonyl (C=O) groups is 1. The fourth-order valence-corrected chi connectivity index (χ4v) is 4.56. The van der Waals surface area contributed by atoms with E-state index < -0.39 is 5.97 Å². The first kappa shape index (κ1) is 16.8. The third kappa shape index (κ3) is 3.41. The first-order valence-electron chi connectivity index (χ1n) is 8.16. The maximum atomic E-state index is 11.1. The number of benzene rings is 2. The third-order valence-electron chi connectivity index (χ3n) is 4.67. The smallest absolute Gasteiger partial charge is 0.335 e. The van der Waals surface area contributed by atoms with Gasteiger partial charge in [0.2, 0.25) is 0 Å². The van der Waals surface area contributed by atoms with Gasteiger partial charge in [-0.05, 0) is 71.0 Å². The molecule has 0 aliphatic carbocycles. The number of hydrogen-bond acceptors (Lipinski definition) is 2. The Hall–Kier alpha value is -2.00. The van der Waals surface area contributed by atoms with Gasteiger partial charge in [-0.15, -0.1) is 11.8 Å². The molecule has 0 saturated heterocycles. The fourth-order valence-electron chi connectivity index (χ4n) is 3.08. The third-order valence-corrected chi connectivity index (χ3v) is 5.74. The van der Waals surface area contributed by atoms with Crippen molar-refractivity contribution in [1.29, 1.82) is 0 Å². The molecule has 1 N–H and O–H groups in total. The summed E-state index contributed by atoms with van der Waals surface area (Å²) in [6.07, 6.45) is 3.24. The quantitative estimate of drug-likeness (QED) is 0.727. The molecule has 3 rings (SSSR count). The Balaban J connectivity index is 1.97. The van der Waals surface area contributed by atoms with E-state index in [1.807, 2.05) is 17.8 Å². The molecule has 24 heavy (non-hydrogen) atoms. The van der Waals surface area contributed by atoms with Crippen LogP contribution in [0.3, 0.4) is 0 Å². The van der Waals surface area contributed by atoms with Crippen LogP contribution in [0.25, 0.3) is 11.6 Å². The molecule has 0 amide bonds. The second-order valence-electron chi connectivity index (χ2n) is 6.95. The van der Waals surface area contributed by atoms with Gasteiger partial charge in [0.05, 0.1) is 5.56 Å². The first-order chi connectivity index (χ1) is 11.4. The molecule has 0 aromatic heterocycles. The van der Waals surface area contributed by atoms with Gasteiger partial charge < -0.3 is 5.11 Å². The van der Waals surface area contributed by atoms with E-state index >= 15 is 0 Å². The SMILES string of the molecule is C/C(=C\c1cccc(C(=O)O)c1)c1ccc2c(c1)C(C)(C)CCS2. The lowest BCUT2D eigenvalue weighted by Crippen LogP contribution is -2.22. The molecule has 1 aliphatic heterocycles. The molecule has 0 fully saturated rings. The molecule has 0 spiro atoms. The largest absolute Gasteiger partial charge is 0.478 e. The Kier molecular flexibility index (Phi) is 4.55. The lowest BCUT2D eigenvalue weighted by Gasteiger charge is -2.32. The number of thioether (sulfide) groups is 1. The highest BCUT2D eigenvalue weighted by Gasteiger charge is 2.27. The van der Waals surface area contributed by atoms with Gasteiger partial charge in [-0.25, -0.2) is 4.79 Å². The summed E-state index contributed by atoms with van der Waals surface area (Å²) in [5.74, 6) is 0.284. The van der Waals surface area contributed by atoms with E-state index in [4.69, 9.17) is 5.11 Å². The predicted octanol–water partition coefficient (Wildman–Crippen LogP) is 5.72. The Bertz CT molecular complexity index is 818. The maximum Gasteiger partial charge on any atom is 0.335 e. The Morgan fingerprint density at radius 3 is 2.71 bits per heavy atom. The minimum absolute atomic E-state index is 0.208. The van der Waals surface area contributed by atoms with Gasteiger partial charge in [-0.1, -0.05) is 38.1 Å². The number of rotatable bonds is 3. The van der Waals surface area contributed by atoms with E-state index in [2.05, 4.69) is 45.0 Å². The van der Waals surface area contributed by atoms with Crippen molar-refractivity contribution < 1.29 is 9.90 Å². The van der Waals surface area contributed by atoms with Gasteiger partial charge in [0.25, 0.3) is 0 Å². The highest BCUT2D eigenvalue weighted by molar-refractivity contribution is 7.99. The molecule has 0 radical (unpaired) electrons. The molecule has 1 aliphatic rings. The zero-order valence-corrected chi connectivity index (χ0v) is 15.1. The zero-order chi connectivity index (χ0) is 17.3.